The Hall–Kier alpha value is -2.12. The number of aliphatic hydroxyl groups excluding tert-OH is 1. The Balaban J connectivity index is 1.48. The quantitative estimate of drug-likeness (QED) is 0.837. The van der Waals surface area contributed by atoms with Crippen molar-refractivity contribution in [2.75, 3.05) is 19.7 Å². The second-order valence-corrected chi connectivity index (χ2v) is 7.44. The van der Waals surface area contributed by atoms with Crippen molar-refractivity contribution in [3.63, 3.8) is 0 Å². The summed E-state index contributed by atoms with van der Waals surface area (Å²) in [5, 5.41) is 9.11. The van der Waals surface area contributed by atoms with Crippen molar-refractivity contribution in [1.82, 2.24) is 4.90 Å². The van der Waals surface area contributed by atoms with Crippen LogP contribution in [0.5, 0.6) is 5.75 Å². The van der Waals surface area contributed by atoms with Crippen LogP contribution in [-0.4, -0.2) is 40.9 Å². The largest absolute Gasteiger partial charge is 0.484 e. The number of nitrogens with zero attached hydrogens (tertiary/aromatic N) is 1. The number of thioether (sulfide) groups is 1. The van der Waals surface area contributed by atoms with E-state index in [2.05, 4.69) is 0 Å². The number of amides is 1. The molecule has 0 aromatic heterocycles. The number of benzene rings is 2. The second-order valence-electron chi connectivity index (χ2n) is 6.06. The molecule has 1 amide bonds. The van der Waals surface area contributed by atoms with Gasteiger partial charge >= 0.3 is 0 Å². The number of hydrogen-bond donors (Lipinski definition) is 1. The predicted molar refractivity (Wildman–Crippen MR) is 95.1 cm³/mol. The molecule has 2 aromatic rings. The topological polar surface area (TPSA) is 49.8 Å². The van der Waals surface area contributed by atoms with Gasteiger partial charge in [0.15, 0.2) is 6.61 Å². The molecule has 0 radical (unpaired) electrons. The minimum Gasteiger partial charge on any atom is -0.484 e. The smallest absolute Gasteiger partial charge is 0.260 e. The van der Waals surface area contributed by atoms with Crippen molar-refractivity contribution in [3.05, 3.63) is 59.7 Å². The van der Waals surface area contributed by atoms with Crippen LogP contribution in [0.3, 0.4) is 0 Å². The van der Waals surface area contributed by atoms with E-state index < -0.39 is 11.6 Å². The van der Waals surface area contributed by atoms with Gasteiger partial charge in [-0.1, -0.05) is 12.1 Å². The zero-order valence-corrected chi connectivity index (χ0v) is 14.8. The van der Waals surface area contributed by atoms with Gasteiger partial charge in [-0.3, -0.25) is 4.79 Å². The van der Waals surface area contributed by atoms with Gasteiger partial charge in [-0.2, -0.15) is 0 Å². The van der Waals surface area contributed by atoms with E-state index in [1.165, 1.54) is 23.9 Å². The molecule has 7 heteroatoms. The lowest BCUT2D eigenvalue weighted by atomic mass is 10.2. The number of halogens is 2. The second kappa shape index (κ2) is 8.51. The van der Waals surface area contributed by atoms with Crippen molar-refractivity contribution in [2.24, 2.45) is 0 Å². The molecule has 1 fully saturated rings. The molecule has 0 aliphatic carbocycles. The van der Waals surface area contributed by atoms with Gasteiger partial charge in [0.1, 0.15) is 17.4 Å². The molecular formula is C19H19F2NO3S. The number of carbonyl (C=O) groups excluding carboxylic acids is 1. The SMILES string of the molecule is O=C(COc1ccc(CO)cc1)N1CCC(Sc2cc(F)cc(F)c2)C1. The maximum Gasteiger partial charge on any atom is 0.260 e. The Morgan fingerprint density at radius 3 is 2.54 bits per heavy atom. The minimum absolute atomic E-state index is 0.0404. The first-order valence-corrected chi connectivity index (χ1v) is 9.14. The lowest BCUT2D eigenvalue weighted by Gasteiger charge is -2.17. The molecule has 1 aliphatic heterocycles. The third kappa shape index (κ3) is 4.95. The molecule has 1 unspecified atom stereocenters. The number of aliphatic hydroxyl groups is 1. The normalized spacial score (nSPS) is 16.7. The van der Waals surface area contributed by atoms with Crippen LogP contribution >= 0.6 is 11.8 Å². The summed E-state index contributed by atoms with van der Waals surface area (Å²) >= 11 is 1.38. The highest BCUT2D eigenvalue weighted by Crippen LogP contribution is 2.30. The van der Waals surface area contributed by atoms with Crippen LogP contribution in [0.4, 0.5) is 8.78 Å². The zero-order chi connectivity index (χ0) is 18.5. The van der Waals surface area contributed by atoms with Gasteiger partial charge < -0.3 is 14.7 Å². The molecule has 0 saturated carbocycles. The third-order valence-electron chi connectivity index (χ3n) is 4.10. The fraction of sp³-hybridized carbons (Fsp3) is 0.316. The van der Waals surface area contributed by atoms with Crippen LogP contribution in [0.2, 0.25) is 0 Å². The number of ether oxygens (including phenoxy) is 1. The maximum atomic E-state index is 13.3. The summed E-state index contributed by atoms with van der Waals surface area (Å²) in [6.07, 6.45) is 0.764. The molecule has 1 atom stereocenters. The van der Waals surface area contributed by atoms with Gasteiger partial charge in [-0.25, -0.2) is 8.78 Å². The fourth-order valence-electron chi connectivity index (χ4n) is 2.77. The van der Waals surface area contributed by atoms with E-state index in [4.69, 9.17) is 9.84 Å². The van der Waals surface area contributed by atoms with Crippen LogP contribution in [0.25, 0.3) is 0 Å². The van der Waals surface area contributed by atoms with Crippen LogP contribution in [-0.2, 0) is 11.4 Å². The van der Waals surface area contributed by atoms with Crippen molar-refractivity contribution < 1.29 is 23.4 Å². The molecular weight excluding hydrogens is 360 g/mol. The monoisotopic (exact) mass is 379 g/mol. The van der Waals surface area contributed by atoms with Crippen molar-refractivity contribution in [1.29, 1.82) is 0 Å². The maximum absolute atomic E-state index is 13.3. The highest BCUT2D eigenvalue weighted by atomic mass is 32.2. The predicted octanol–water partition coefficient (Wildman–Crippen LogP) is 3.23. The number of rotatable bonds is 6. The number of carbonyl (C=O) groups is 1. The summed E-state index contributed by atoms with van der Waals surface area (Å²) < 4.78 is 32.0. The summed E-state index contributed by atoms with van der Waals surface area (Å²) in [6.45, 7) is 1.02. The van der Waals surface area contributed by atoms with Gasteiger partial charge in [0.25, 0.3) is 5.91 Å². The summed E-state index contributed by atoms with van der Waals surface area (Å²) in [4.78, 5) is 14.5. The Morgan fingerprint density at radius 2 is 1.88 bits per heavy atom. The van der Waals surface area contributed by atoms with E-state index >= 15 is 0 Å². The van der Waals surface area contributed by atoms with Crippen LogP contribution < -0.4 is 4.74 Å². The molecule has 26 heavy (non-hydrogen) atoms. The number of hydrogen-bond acceptors (Lipinski definition) is 4. The van der Waals surface area contributed by atoms with E-state index in [9.17, 15) is 13.6 Å². The Labute approximate surface area is 154 Å². The molecule has 2 aromatic carbocycles. The lowest BCUT2D eigenvalue weighted by molar-refractivity contribution is -0.132. The average Bonchev–Trinajstić information content (AvgIpc) is 3.07. The highest BCUT2D eigenvalue weighted by Gasteiger charge is 2.27. The van der Waals surface area contributed by atoms with E-state index in [-0.39, 0.29) is 24.4 Å². The minimum atomic E-state index is -0.598. The average molecular weight is 379 g/mol. The molecule has 0 bridgehead atoms. The molecule has 3 rings (SSSR count). The fourth-order valence-corrected chi connectivity index (χ4v) is 3.99. The van der Waals surface area contributed by atoms with E-state index in [1.54, 1.807) is 29.2 Å². The summed E-state index contributed by atoms with van der Waals surface area (Å²) in [7, 11) is 0. The van der Waals surface area contributed by atoms with Crippen molar-refractivity contribution in [3.8, 4) is 5.75 Å². The van der Waals surface area contributed by atoms with Gasteiger partial charge in [-0.05, 0) is 36.2 Å². The van der Waals surface area contributed by atoms with Crippen LogP contribution in [0.15, 0.2) is 47.4 Å². The van der Waals surface area contributed by atoms with E-state index in [1.807, 2.05) is 0 Å². The lowest BCUT2D eigenvalue weighted by Crippen LogP contribution is -2.33. The van der Waals surface area contributed by atoms with Crippen molar-refractivity contribution in [2.45, 2.75) is 23.2 Å². The van der Waals surface area contributed by atoms with Gasteiger partial charge in [0, 0.05) is 29.3 Å². The molecule has 1 N–H and O–H groups in total. The summed E-state index contributed by atoms with van der Waals surface area (Å²) in [5.41, 5.74) is 0.775. The third-order valence-corrected chi connectivity index (χ3v) is 5.33. The first-order chi connectivity index (χ1) is 12.5. The van der Waals surface area contributed by atoms with Gasteiger partial charge in [-0.15, -0.1) is 11.8 Å². The Kier molecular flexibility index (Phi) is 6.11. The zero-order valence-electron chi connectivity index (χ0n) is 14.0. The summed E-state index contributed by atoms with van der Waals surface area (Å²) in [5.74, 6) is -0.751. The molecule has 0 spiro atoms. The van der Waals surface area contributed by atoms with Crippen molar-refractivity contribution >= 4 is 17.7 Å². The van der Waals surface area contributed by atoms with Crippen LogP contribution in [0, 0.1) is 11.6 Å². The molecule has 1 saturated heterocycles. The molecule has 138 valence electrons. The first kappa shape index (κ1) is 18.7. The Bertz CT molecular complexity index is 750. The standard InChI is InChI=1S/C19H19F2NO3S/c20-14-7-15(21)9-18(8-14)26-17-5-6-22(10-17)19(24)12-25-16-3-1-13(11-23)2-4-16/h1-4,7-9,17,23H,5-6,10-12H2. The van der Waals surface area contributed by atoms with Gasteiger partial charge in [0.2, 0.25) is 0 Å². The summed E-state index contributed by atoms with van der Waals surface area (Å²) in [6, 6.07) is 10.3. The van der Waals surface area contributed by atoms with E-state index in [0.29, 0.717) is 23.7 Å². The molecule has 1 heterocycles. The Morgan fingerprint density at radius 1 is 1.19 bits per heavy atom. The number of likely N-dealkylation sites (tertiary alicyclic amines) is 1. The van der Waals surface area contributed by atoms with Crippen LogP contribution in [0.1, 0.15) is 12.0 Å². The van der Waals surface area contributed by atoms with Gasteiger partial charge in [0.05, 0.1) is 6.61 Å². The van der Waals surface area contributed by atoms with E-state index in [0.717, 1.165) is 18.1 Å². The molecule has 1 aliphatic rings. The molecule has 4 nitrogen and oxygen atoms in total. The first-order valence-electron chi connectivity index (χ1n) is 8.26. The highest BCUT2D eigenvalue weighted by molar-refractivity contribution is 8.00.